The Kier molecular flexibility index (Phi) is 5.41. The van der Waals surface area contributed by atoms with Crippen molar-refractivity contribution in [2.45, 2.75) is 51.6 Å². The molecule has 2 heteroatoms. The third-order valence-electron chi connectivity index (χ3n) is 4.46. The molecule has 1 aliphatic heterocycles. The molecule has 0 aromatic heterocycles. The summed E-state index contributed by atoms with van der Waals surface area (Å²) in [5.74, 6) is 0. The highest BCUT2D eigenvalue weighted by atomic mass is 15.2. The van der Waals surface area contributed by atoms with E-state index in [1.807, 2.05) is 0 Å². The molecule has 106 valence electrons. The highest BCUT2D eigenvalue weighted by Crippen LogP contribution is 2.29. The van der Waals surface area contributed by atoms with Crippen molar-refractivity contribution in [2.24, 2.45) is 0 Å². The van der Waals surface area contributed by atoms with Crippen LogP contribution in [0.2, 0.25) is 0 Å². The Morgan fingerprint density at radius 3 is 2.68 bits per heavy atom. The van der Waals surface area contributed by atoms with Gasteiger partial charge in [0, 0.05) is 12.1 Å². The van der Waals surface area contributed by atoms with E-state index in [0.29, 0.717) is 6.04 Å². The fourth-order valence-corrected chi connectivity index (χ4v) is 3.19. The first kappa shape index (κ1) is 14.5. The van der Waals surface area contributed by atoms with Gasteiger partial charge in [-0.15, -0.1) is 0 Å². The molecule has 2 rings (SSSR count). The molecule has 1 heterocycles. The molecular formula is C17H28N2. The fourth-order valence-electron chi connectivity index (χ4n) is 3.19. The van der Waals surface area contributed by atoms with Crippen LogP contribution in [0.3, 0.4) is 0 Å². The number of hydrogen-bond donors (Lipinski definition) is 1. The second-order valence-corrected chi connectivity index (χ2v) is 5.87. The largest absolute Gasteiger partial charge is 0.320 e. The third kappa shape index (κ3) is 3.80. The maximum Gasteiger partial charge on any atom is 0.0322 e. The van der Waals surface area contributed by atoms with E-state index in [-0.39, 0.29) is 0 Å². The zero-order chi connectivity index (χ0) is 13.7. The maximum atomic E-state index is 3.30. The molecule has 1 aromatic carbocycles. The first-order valence-corrected chi connectivity index (χ1v) is 7.69. The minimum Gasteiger partial charge on any atom is -0.320 e. The molecule has 0 aliphatic carbocycles. The van der Waals surface area contributed by atoms with E-state index in [1.54, 1.807) is 0 Å². The van der Waals surface area contributed by atoms with Crippen molar-refractivity contribution in [3.05, 3.63) is 35.4 Å². The number of aryl methyl sites for hydroxylation is 1. The molecule has 0 radical (unpaired) electrons. The highest BCUT2D eigenvalue weighted by Gasteiger charge is 2.26. The lowest BCUT2D eigenvalue weighted by Crippen LogP contribution is -2.42. The average molecular weight is 260 g/mol. The van der Waals surface area contributed by atoms with Gasteiger partial charge in [0.15, 0.2) is 0 Å². The van der Waals surface area contributed by atoms with Crippen LogP contribution in [0.15, 0.2) is 24.3 Å². The number of nitrogens with one attached hydrogen (secondary N) is 1. The van der Waals surface area contributed by atoms with Gasteiger partial charge in [-0.1, -0.05) is 36.2 Å². The monoisotopic (exact) mass is 260 g/mol. The molecule has 0 bridgehead atoms. The summed E-state index contributed by atoms with van der Waals surface area (Å²) >= 11 is 0. The van der Waals surface area contributed by atoms with E-state index in [0.717, 1.165) is 12.6 Å². The van der Waals surface area contributed by atoms with Crippen molar-refractivity contribution in [2.75, 3.05) is 20.1 Å². The van der Waals surface area contributed by atoms with Gasteiger partial charge in [0.2, 0.25) is 0 Å². The van der Waals surface area contributed by atoms with Crippen molar-refractivity contribution < 1.29 is 0 Å². The zero-order valence-corrected chi connectivity index (χ0v) is 12.7. The molecule has 2 atom stereocenters. The molecule has 2 nitrogen and oxygen atoms in total. The van der Waals surface area contributed by atoms with E-state index < -0.39 is 0 Å². The molecule has 1 saturated heterocycles. The van der Waals surface area contributed by atoms with Gasteiger partial charge in [-0.25, -0.2) is 0 Å². The Morgan fingerprint density at radius 1 is 1.26 bits per heavy atom. The van der Waals surface area contributed by atoms with E-state index in [4.69, 9.17) is 0 Å². The minimum atomic E-state index is 0.544. The van der Waals surface area contributed by atoms with Crippen molar-refractivity contribution in [1.29, 1.82) is 0 Å². The summed E-state index contributed by atoms with van der Waals surface area (Å²) < 4.78 is 0. The van der Waals surface area contributed by atoms with Crippen LogP contribution in [-0.2, 0) is 0 Å². The van der Waals surface area contributed by atoms with Gasteiger partial charge >= 0.3 is 0 Å². The van der Waals surface area contributed by atoms with Crippen LogP contribution in [-0.4, -0.2) is 31.1 Å². The molecule has 0 amide bonds. The summed E-state index contributed by atoms with van der Waals surface area (Å²) in [5, 5.41) is 3.30. The summed E-state index contributed by atoms with van der Waals surface area (Å²) in [6, 6.07) is 10.4. The molecule has 2 unspecified atom stereocenters. The van der Waals surface area contributed by atoms with Crippen LogP contribution in [0.4, 0.5) is 0 Å². The summed E-state index contributed by atoms with van der Waals surface area (Å²) in [5.41, 5.74) is 2.81. The third-order valence-corrected chi connectivity index (χ3v) is 4.46. The zero-order valence-electron chi connectivity index (χ0n) is 12.7. The van der Waals surface area contributed by atoms with Gasteiger partial charge in [-0.2, -0.15) is 0 Å². The molecule has 0 spiro atoms. The van der Waals surface area contributed by atoms with E-state index in [9.17, 15) is 0 Å². The van der Waals surface area contributed by atoms with Crippen LogP contribution in [0.1, 0.15) is 49.8 Å². The Labute approximate surface area is 118 Å². The number of nitrogens with zero attached hydrogens (tertiary/aromatic N) is 1. The first-order valence-electron chi connectivity index (χ1n) is 7.69. The fraction of sp³-hybridized carbons (Fsp3) is 0.647. The van der Waals surface area contributed by atoms with Crippen LogP contribution >= 0.6 is 0 Å². The molecule has 1 fully saturated rings. The number of hydrogen-bond acceptors (Lipinski definition) is 2. The summed E-state index contributed by atoms with van der Waals surface area (Å²) in [6.07, 6.45) is 5.38. The number of likely N-dealkylation sites (tertiary alicyclic amines) is 1. The maximum absolute atomic E-state index is 3.30. The molecule has 0 saturated carbocycles. The van der Waals surface area contributed by atoms with Crippen molar-refractivity contribution in [3.8, 4) is 0 Å². The summed E-state index contributed by atoms with van der Waals surface area (Å²) in [6.45, 7) is 6.90. The number of benzene rings is 1. The predicted molar refractivity (Wildman–Crippen MR) is 82.5 cm³/mol. The molecule has 1 aliphatic rings. The lowest BCUT2D eigenvalue weighted by atomic mass is 9.95. The standard InChI is InChI=1S/C17H28N2/c1-14-7-9-16(10-8-14)15(2)19-13-5-4-6-17(19)11-12-18-3/h7-10,15,17-18H,4-6,11-13H2,1-3H3. The molecule has 1 aromatic rings. The Balaban J connectivity index is 2.05. The molecular weight excluding hydrogens is 232 g/mol. The van der Waals surface area contributed by atoms with Crippen molar-refractivity contribution in [1.82, 2.24) is 10.2 Å². The Hall–Kier alpha value is -0.860. The van der Waals surface area contributed by atoms with Crippen LogP contribution in [0.25, 0.3) is 0 Å². The smallest absolute Gasteiger partial charge is 0.0322 e. The lowest BCUT2D eigenvalue weighted by molar-refractivity contribution is 0.0972. The second-order valence-electron chi connectivity index (χ2n) is 5.87. The van der Waals surface area contributed by atoms with Gasteiger partial charge in [-0.3, -0.25) is 4.90 Å². The van der Waals surface area contributed by atoms with Crippen molar-refractivity contribution in [3.63, 3.8) is 0 Å². The van der Waals surface area contributed by atoms with E-state index >= 15 is 0 Å². The Morgan fingerprint density at radius 2 is 2.00 bits per heavy atom. The minimum absolute atomic E-state index is 0.544. The SMILES string of the molecule is CNCCC1CCCCN1C(C)c1ccc(C)cc1. The van der Waals surface area contributed by atoms with Gasteiger partial charge in [0.1, 0.15) is 0 Å². The second kappa shape index (κ2) is 7.06. The predicted octanol–water partition coefficient (Wildman–Crippen LogP) is 3.52. The van der Waals surface area contributed by atoms with Crippen LogP contribution in [0, 0.1) is 6.92 Å². The average Bonchev–Trinajstić information content (AvgIpc) is 2.45. The van der Waals surface area contributed by atoms with E-state index in [2.05, 4.69) is 55.4 Å². The first-order chi connectivity index (χ1) is 9.22. The topological polar surface area (TPSA) is 15.3 Å². The number of piperidine rings is 1. The lowest BCUT2D eigenvalue weighted by Gasteiger charge is -2.40. The van der Waals surface area contributed by atoms with Gasteiger partial charge < -0.3 is 5.32 Å². The van der Waals surface area contributed by atoms with Crippen molar-refractivity contribution >= 4 is 0 Å². The molecule has 1 N–H and O–H groups in total. The van der Waals surface area contributed by atoms with Crippen LogP contribution in [0.5, 0.6) is 0 Å². The normalized spacial score (nSPS) is 22.4. The summed E-state index contributed by atoms with van der Waals surface area (Å²) in [4.78, 5) is 2.71. The number of rotatable bonds is 5. The van der Waals surface area contributed by atoms with Gasteiger partial charge in [0.05, 0.1) is 0 Å². The summed E-state index contributed by atoms with van der Waals surface area (Å²) in [7, 11) is 2.05. The Bertz CT molecular complexity index is 371. The van der Waals surface area contributed by atoms with Crippen LogP contribution < -0.4 is 5.32 Å². The molecule has 19 heavy (non-hydrogen) atoms. The van der Waals surface area contributed by atoms with E-state index in [1.165, 1.54) is 43.4 Å². The quantitative estimate of drug-likeness (QED) is 0.871. The highest BCUT2D eigenvalue weighted by molar-refractivity contribution is 5.24. The van der Waals surface area contributed by atoms with Gasteiger partial charge in [-0.05, 0) is 58.8 Å². The van der Waals surface area contributed by atoms with Gasteiger partial charge in [0.25, 0.3) is 0 Å².